The van der Waals surface area contributed by atoms with Crippen molar-refractivity contribution in [2.24, 2.45) is 0 Å². The van der Waals surface area contributed by atoms with Crippen molar-refractivity contribution in [3.05, 3.63) is 90.5 Å². The van der Waals surface area contributed by atoms with Gasteiger partial charge in [0.1, 0.15) is 17.0 Å². The lowest BCUT2D eigenvalue weighted by atomic mass is 10.1. The van der Waals surface area contributed by atoms with Crippen LogP contribution in [0.2, 0.25) is 0 Å². The van der Waals surface area contributed by atoms with Crippen LogP contribution in [0.5, 0.6) is 5.75 Å². The monoisotopic (exact) mass is 596 g/mol. The van der Waals surface area contributed by atoms with E-state index in [1.807, 2.05) is 6.92 Å². The third kappa shape index (κ3) is 4.85. The number of pyridine rings is 1. The van der Waals surface area contributed by atoms with Gasteiger partial charge in [0.25, 0.3) is 0 Å². The molecule has 0 radical (unpaired) electrons. The summed E-state index contributed by atoms with van der Waals surface area (Å²) in [6.45, 7) is 2.32. The largest absolute Gasteiger partial charge is 0.481 e. The van der Waals surface area contributed by atoms with Crippen LogP contribution in [0.1, 0.15) is 23.7 Å². The van der Waals surface area contributed by atoms with Crippen LogP contribution in [0.4, 0.5) is 14.6 Å². The van der Waals surface area contributed by atoms with E-state index in [2.05, 4.69) is 47.0 Å². The Morgan fingerprint density at radius 3 is 2.62 bits per heavy atom. The van der Waals surface area contributed by atoms with Gasteiger partial charge in [-0.1, -0.05) is 0 Å². The summed E-state index contributed by atoms with van der Waals surface area (Å²) in [6.07, 6.45) is 4.16. The normalized spacial score (nSPS) is 11.1. The molecule has 3 aromatic heterocycles. The van der Waals surface area contributed by atoms with E-state index in [1.54, 1.807) is 10.9 Å². The summed E-state index contributed by atoms with van der Waals surface area (Å²) in [5.41, 5.74) is 1.66. The minimum atomic E-state index is -0.677. The third-order valence-electron chi connectivity index (χ3n) is 4.95. The van der Waals surface area contributed by atoms with Crippen molar-refractivity contribution in [1.82, 2.24) is 24.5 Å². The topological polar surface area (TPSA) is 101 Å². The molecule has 0 aliphatic carbocycles. The van der Waals surface area contributed by atoms with Crippen molar-refractivity contribution >= 4 is 37.7 Å². The molecular formula is C21H16Br2F2N6O3. The van der Waals surface area contributed by atoms with Gasteiger partial charge < -0.3 is 14.9 Å². The fourth-order valence-corrected chi connectivity index (χ4v) is 4.23. The van der Waals surface area contributed by atoms with E-state index in [-0.39, 0.29) is 24.5 Å². The highest BCUT2D eigenvalue weighted by Gasteiger charge is 2.21. The molecular weight excluding hydrogens is 582 g/mol. The molecule has 4 rings (SSSR count). The van der Waals surface area contributed by atoms with Crippen molar-refractivity contribution in [2.75, 3.05) is 0 Å². The summed E-state index contributed by atoms with van der Waals surface area (Å²) < 4.78 is 38.7. The van der Waals surface area contributed by atoms with Crippen LogP contribution < -0.4 is 4.74 Å². The molecule has 0 bridgehead atoms. The molecule has 3 heterocycles. The zero-order valence-corrected chi connectivity index (χ0v) is 20.8. The first-order valence-corrected chi connectivity index (χ1v) is 11.5. The Balaban J connectivity index is 1.69. The Kier molecular flexibility index (Phi) is 7.03. The molecule has 9 nitrogen and oxygen atoms in total. The molecule has 0 saturated carbocycles. The number of rotatable bonds is 8. The fourth-order valence-electron chi connectivity index (χ4n) is 3.34. The van der Waals surface area contributed by atoms with Crippen LogP contribution in [-0.2, 0) is 19.6 Å². The summed E-state index contributed by atoms with van der Waals surface area (Å²) in [4.78, 5) is 14.3. The molecule has 0 N–H and O–H groups in total. The van der Waals surface area contributed by atoms with E-state index < -0.39 is 22.4 Å². The van der Waals surface area contributed by atoms with Crippen LogP contribution in [0.25, 0.3) is 5.69 Å². The molecule has 0 aliphatic rings. The smallest absolute Gasteiger partial charge is 0.406 e. The summed E-state index contributed by atoms with van der Waals surface area (Å²) in [6, 6.07) is 5.27. The molecule has 0 unspecified atom stereocenters. The first-order valence-electron chi connectivity index (χ1n) is 9.92. The quantitative estimate of drug-likeness (QED) is 0.200. The van der Waals surface area contributed by atoms with Gasteiger partial charge >= 0.3 is 5.82 Å². The van der Waals surface area contributed by atoms with Crippen LogP contribution in [-0.4, -0.2) is 29.5 Å². The summed E-state index contributed by atoms with van der Waals surface area (Å²) in [7, 11) is 0. The van der Waals surface area contributed by atoms with E-state index in [9.17, 15) is 18.9 Å². The molecule has 13 heteroatoms. The standard InChI is InChI=1S/C21H16Br2F2N6O3/c1-2-29-20(23)12(8-27-29)6-18-16(25)10-28-30(18)17-4-3-15(24)5-13(17)11-34-19-7-14(22)9-26-21(19)31(32)33/h3-5,7-10H,2,6,11H2,1H3. The van der Waals surface area contributed by atoms with Crippen molar-refractivity contribution < 1.29 is 18.4 Å². The predicted octanol–water partition coefficient (Wildman–Crippen LogP) is 5.36. The average molecular weight is 598 g/mol. The van der Waals surface area contributed by atoms with Gasteiger partial charge in [0.05, 0.1) is 28.2 Å². The molecule has 0 fully saturated rings. The van der Waals surface area contributed by atoms with Crippen molar-refractivity contribution in [1.29, 1.82) is 0 Å². The highest BCUT2D eigenvalue weighted by Crippen LogP contribution is 2.30. The first kappa shape index (κ1) is 24.0. The SMILES string of the molecule is CCn1ncc(Cc2c(F)cnn2-c2ccc(F)cc2COc2cc(Br)cnc2[N+](=O)[O-])c1Br. The minimum absolute atomic E-state index is 0.0997. The second kappa shape index (κ2) is 9.97. The highest BCUT2D eigenvalue weighted by atomic mass is 79.9. The van der Waals surface area contributed by atoms with Crippen molar-refractivity contribution in [2.45, 2.75) is 26.5 Å². The molecule has 0 spiro atoms. The van der Waals surface area contributed by atoms with Crippen LogP contribution >= 0.6 is 31.9 Å². The van der Waals surface area contributed by atoms with Crippen LogP contribution in [0, 0.1) is 21.7 Å². The number of nitro groups is 1. The van der Waals surface area contributed by atoms with E-state index in [0.717, 1.165) is 16.4 Å². The molecule has 0 aliphatic heterocycles. The molecule has 0 amide bonds. The maximum Gasteiger partial charge on any atom is 0.406 e. The Morgan fingerprint density at radius 2 is 1.91 bits per heavy atom. The second-order valence-corrected chi connectivity index (χ2v) is 8.77. The molecule has 176 valence electrons. The van der Waals surface area contributed by atoms with Gasteiger partial charge in [-0.2, -0.15) is 10.2 Å². The average Bonchev–Trinajstić information content (AvgIpc) is 3.34. The minimum Gasteiger partial charge on any atom is -0.481 e. The number of halogens is 4. The van der Waals surface area contributed by atoms with Crippen LogP contribution in [0.15, 0.2) is 51.9 Å². The van der Waals surface area contributed by atoms with Gasteiger partial charge in [-0.3, -0.25) is 4.68 Å². The molecule has 4 aromatic rings. The molecule has 0 atom stereocenters. The summed E-state index contributed by atoms with van der Waals surface area (Å²) in [5.74, 6) is -1.67. The number of nitrogens with zero attached hydrogens (tertiary/aromatic N) is 6. The number of hydrogen-bond acceptors (Lipinski definition) is 6. The zero-order valence-electron chi connectivity index (χ0n) is 17.6. The lowest BCUT2D eigenvalue weighted by Gasteiger charge is -2.14. The van der Waals surface area contributed by atoms with E-state index in [1.165, 1.54) is 35.1 Å². The van der Waals surface area contributed by atoms with Crippen molar-refractivity contribution in [3.8, 4) is 11.4 Å². The maximum absolute atomic E-state index is 14.7. The van der Waals surface area contributed by atoms with Gasteiger partial charge in [0.2, 0.25) is 5.75 Å². The van der Waals surface area contributed by atoms with Gasteiger partial charge in [-0.15, -0.1) is 0 Å². The Morgan fingerprint density at radius 1 is 1.12 bits per heavy atom. The fraction of sp³-hybridized carbons (Fsp3) is 0.190. The molecule has 34 heavy (non-hydrogen) atoms. The first-order chi connectivity index (χ1) is 16.3. The summed E-state index contributed by atoms with van der Waals surface area (Å²) >= 11 is 6.67. The lowest BCUT2D eigenvalue weighted by Crippen LogP contribution is -2.10. The number of aromatic nitrogens is 5. The van der Waals surface area contributed by atoms with E-state index in [4.69, 9.17) is 4.74 Å². The second-order valence-electron chi connectivity index (χ2n) is 7.10. The molecule has 1 aromatic carbocycles. The van der Waals surface area contributed by atoms with Crippen LogP contribution in [0.3, 0.4) is 0 Å². The van der Waals surface area contributed by atoms with Crippen molar-refractivity contribution in [3.63, 3.8) is 0 Å². The number of benzene rings is 1. The van der Waals surface area contributed by atoms with Gasteiger partial charge in [0, 0.05) is 30.2 Å². The molecule has 0 saturated heterocycles. The van der Waals surface area contributed by atoms with E-state index >= 15 is 0 Å². The maximum atomic E-state index is 14.7. The Bertz CT molecular complexity index is 1370. The van der Waals surface area contributed by atoms with Gasteiger partial charge in [-0.25, -0.2) is 13.5 Å². The number of aryl methyl sites for hydroxylation is 1. The highest BCUT2D eigenvalue weighted by molar-refractivity contribution is 9.10. The zero-order chi connectivity index (χ0) is 24.4. The Labute approximate surface area is 208 Å². The number of hydrogen-bond donors (Lipinski definition) is 0. The van der Waals surface area contributed by atoms with E-state index in [0.29, 0.717) is 22.3 Å². The third-order valence-corrected chi connectivity index (χ3v) is 6.30. The Hall–Kier alpha value is -3.19. The lowest BCUT2D eigenvalue weighted by molar-refractivity contribution is -0.390. The summed E-state index contributed by atoms with van der Waals surface area (Å²) in [5, 5.41) is 19.7. The predicted molar refractivity (Wildman–Crippen MR) is 125 cm³/mol. The van der Waals surface area contributed by atoms with Gasteiger partial charge in [0.15, 0.2) is 12.0 Å². The number of ether oxygens (including phenoxy) is 1. The van der Waals surface area contributed by atoms with Gasteiger partial charge in [-0.05, 0) is 66.9 Å².